The van der Waals surface area contributed by atoms with Crippen LogP contribution in [0.4, 0.5) is 0 Å². The largest absolute Gasteiger partial charge is 0.370 e. The van der Waals surface area contributed by atoms with Gasteiger partial charge in [0.05, 0.1) is 0 Å². The van der Waals surface area contributed by atoms with Gasteiger partial charge in [0.2, 0.25) is 0 Å². The van der Waals surface area contributed by atoms with Crippen LogP contribution < -0.4 is 5.32 Å². The first kappa shape index (κ1) is 7.32. The summed E-state index contributed by atoms with van der Waals surface area (Å²) in [7, 11) is 0. The Morgan fingerprint density at radius 2 is 2.50 bits per heavy atom. The molecule has 1 N–H and O–H groups in total. The van der Waals surface area contributed by atoms with Gasteiger partial charge >= 0.3 is 0 Å². The zero-order valence-corrected chi connectivity index (χ0v) is 6.65. The first-order valence-corrected chi connectivity index (χ1v) is 3.82. The fourth-order valence-corrected chi connectivity index (χ4v) is 1.13. The van der Waals surface area contributed by atoms with Crippen molar-refractivity contribution in [3.8, 4) is 0 Å². The van der Waals surface area contributed by atoms with Crippen LogP contribution in [0.25, 0.3) is 0 Å². The minimum Gasteiger partial charge on any atom is -0.370 e. The molecule has 0 saturated heterocycles. The van der Waals surface area contributed by atoms with Gasteiger partial charge in [0, 0.05) is 13.1 Å². The highest BCUT2D eigenvalue weighted by Gasteiger charge is 2.09. The second-order valence-corrected chi connectivity index (χ2v) is 2.32. The summed E-state index contributed by atoms with van der Waals surface area (Å²) in [5.74, 6) is 1.10. The third kappa shape index (κ3) is 1.38. The number of nitrogens with zero attached hydrogens (tertiary/aromatic N) is 1. The summed E-state index contributed by atoms with van der Waals surface area (Å²) in [6, 6.07) is 0. The summed E-state index contributed by atoms with van der Waals surface area (Å²) in [5, 5.41) is 3.23. The van der Waals surface area contributed by atoms with E-state index in [9.17, 15) is 0 Å². The second kappa shape index (κ2) is 3.40. The number of hydrogen-bond donors (Lipinski definition) is 1. The van der Waals surface area contributed by atoms with Gasteiger partial charge in [-0.15, -0.1) is 0 Å². The highest BCUT2D eigenvalue weighted by atomic mass is 15.0. The maximum absolute atomic E-state index is 4.31. The Morgan fingerprint density at radius 3 is 3.10 bits per heavy atom. The van der Waals surface area contributed by atoms with Crippen LogP contribution in [-0.2, 0) is 0 Å². The lowest BCUT2D eigenvalue weighted by Gasteiger charge is -2.02. The summed E-state index contributed by atoms with van der Waals surface area (Å²) in [6.45, 7) is 6.08. The number of hydrogen-bond acceptors (Lipinski definition) is 2. The predicted octanol–water partition coefficient (Wildman–Crippen LogP) is 1.34. The predicted molar refractivity (Wildman–Crippen MR) is 44.4 cm³/mol. The van der Waals surface area contributed by atoms with Gasteiger partial charge in [-0.2, -0.15) is 0 Å². The Morgan fingerprint density at radius 1 is 1.70 bits per heavy atom. The van der Waals surface area contributed by atoms with Crippen molar-refractivity contribution in [1.82, 2.24) is 5.32 Å². The van der Waals surface area contributed by atoms with Gasteiger partial charge in [-0.3, -0.25) is 4.99 Å². The van der Waals surface area contributed by atoms with E-state index in [1.165, 1.54) is 5.57 Å². The van der Waals surface area contributed by atoms with E-state index in [0.29, 0.717) is 0 Å². The number of allylic oxidation sites excluding steroid dienone is 1. The molecule has 0 amide bonds. The number of likely N-dealkylation sites (N-methyl/N-ethyl adjacent to an activating group) is 1. The lowest BCUT2D eigenvalue weighted by molar-refractivity contribution is 0.966. The van der Waals surface area contributed by atoms with Gasteiger partial charge in [-0.1, -0.05) is 6.08 Å². The Kier molecular flexibility index (Phi) is 2.49. The van der Waals surface area contributed by atoms with Gasteiger partial charge in [-0.05, 0) is 25.8 Å². The molecule has 10 heavy (non-hydrogen) atoms. The maximum atomic E-state index is 4.31. The third-order valence-electron chi connectivity index (χ3n) is 1.65. The van der Waals surface area contributed by atoms with Crippen LogP contribution in [0, 0.1) is 0 Å². The van der Waals surface area contributed by atoms with E-state index in [4.69, 9.17) is 0 Å². The normalized spacial score (nSPS) is 21.4. The van der Waals surface area contributed by atoms with Crippen molar-refractivity contribution in [2.75, 3.05) is 13.1 Å². The lowest BCUT2D eigenvalue weighted by Crippen LogP contribution is -2.22. The van der Waals surface area contributed by atoms with Gasteiger partial charge < -0.3 is 5.32 Å². The maximum Gasteiger partial charge on any atom is 0.123 e. The summed E-state index contributed by atoms with van der Waals surface area (Å²) < 4.78 is 0. The van der Waals surface area contributed by atoms with E-state index in [1.807, 2.05) is 0 Å². The quantitative estimate of drug-likeness (QED) is 0.581. The summed E-state index contributed by atoms with van der Waals surface area (Å²) in [5.41, 5.74) is 1.36. The van der Waals surface area contributed by atoms with Gasteiger partial charge in [0.15, 0.2) is 0 Å². The molecule has 1 aliphatic heterocycles. The Balaban J connectivity index is 2.57. The molecule has 2 heteroatoms. The number of rotatable bonds is 1. The molecule has 2 nitrogen and oxygen atoms in total. The smallest absolute Gasteiger partial charge is 0.123 e. The van der Waals surface area contributed by atoms with E-state index >= 15 is 0 Å². The van der Waals surface area contributed by atoms with Crippen molar-refractivity contribution in [2.24, 2.45) is 4.99 Å². The topological polar surface area (TPSA) is 24.4 Å². The van der Waals surface area contributed by atoms with Gasteiger partial charge in [-0.25, -0.2) is 0 Å². The van der Waals surface area contributed by atoms with E-state index < -0.39 is 0 Å². The van der Waals surface area contributed by atoms with Crippen molar-refractivity contribution in [2.45, 2.75) is 20.3 Å². The molecule has 0 aromatic carbocycles. The number of amidine groups is 1. The average Bonchev–Trinajstić information content (AvgIpc) is 2.36. The second-order valence-electron chi connectivity index (χ2n) is 2.32. The van der Waals surface area contributed by atoms with Crippen molar-refractivity contribution >= 4 is 5.84 Å². The van der Waals surface area contributed by atoms with Crippen molar-refractivity contribution < 1.29 is 0 Å². The molecule has 0 aromatic heterocycles. The van der Waals surface area contributed by atoms with E-state index in [-0.39, 0.29) is 0 Å². The molecule has 0 unspecified atom stereocenters. The molecule has 1 aliphatic rings. The highest BCUT2D eigenvalue weighted by Crippen LogP contribution is 2.09. The Hall–Kier alpha value is -0.790. The molecule has 0 radical (unpaired) electrons. The average molecular weight is 138 g/mol. The first-order valence-electron chi connectivity index (χ1n) is 3.82. The first-order chi connectivity index (χ1) is 4.88. The standard InChI is InChI=1S/C8H14N2/c1-3-7-5-6-10-8(7)9-4-2/h3H,4-6H2,1-2H3,(H,9,10)/b7-3-. The molecule has 0 aromatic rings. The van der Waals surface area contributed by atoms with Crippen LogP contribution in [0.2, 0.25) is 0 Å². The van der Waals surface area contributed by atoms with Crippen molar-refractivity contribution in [1.29, 1.82) is 0 Å². The summed E-state index contributed by atoms with van der Waals surface area (Å²) >= 11 is 0. The molecule has 1 heterocycles. The molecule has 0 atom stereocenters. The molecule has 0 aliphatic carbocycles. The zero-order valence-electron chi connectivity index (χ0n) is 6.65. The molecule has 1 rings (SSSR count). The van der Waals surface area contributed by atoms with Crippen LogP contribution in [0.1, 0.15) is 20.3 Å². The summed E-state index contributed by atoms with van der Waals surface area (Å²) in [4.78, 5) is 4.31. The lowest BCUT2D eigenvalue weighted by atomic mass is 10.2. The van der Waals surface area contributed by atoms with E-state index in [1.54, 1.807) is 0 Å². The van der Waals surface area contributed by atoms with E-state index in [2.05, 4.69) is 30.2 Å². The number of aliphatic imine (C=N–C) groups is 1. The fraction of sp³-hybridized carbons (Fsp3) is 0.625. The summed E-state index contributed by atoms with van der Waals surface area (Å²) in [6.07, 6.45) is 3.24. The monoisotopic (exact) mass is 138 g/mol. The highest BCUT2D eigenvalue weighted by molar-refractivity contribution is 5.99. The molecule has 56 valence electrons. The molecule has 0 bridgehead atoms. The molecule has 0 fully saturated rings. The van der Waals surface area contributed by atoms with Gasteiger partial charge in [0.25, 0.3) is 0 Å². The van der Waals surface area contributed by atoms with Crippen LogP contribution in [-0.4, -0.2) is 18.9 Å². The molecule has 0 saturated carbocycles. The van der Waals surface area contributed by atoms with Crippen molar-refractivity contribution in [3.05, 3.63) is 11.6 Å². The molecule has 0 spiro atoms. The SMILES string of the molecule is C/C=C1/CCN=C1NCC. The molecular formula is C8H14N2. The number of nitrogens with one attached hydrogen (secondary N) is 1. The minimum absolute atomic E-state index is 0.960. The van der Waals surface area contributed by atoms with Gasteiger partial charge in [0.1, 0.15) is 5.84 Å². The van der Waals surface area contributed by atoms with Crippen LogP contribution in [0.5, 0.6) is 0 Å². The van der Waals surface area contributed by atoms with Crippen LogP contribution >= 0.6 is 0 Å². The molecular weight excluding hydrogens is 124 g/mol. The zero-order chi connectivity index (χ0) is 7.40. The fourth-order valence-electron chi connectivity index (χ4n) is 1.13. The van der Waals surface area contributed by atoms with E-state index in [0.717, 1.165) is 25.3 Å². The van der Waals surface area contributed by atoms with Crippen LogP contribution in [0.15, 0.2) is 16.6 Å². The van der Waals surface area contributed by atoms with Crippen molar-refractivity contribution in [3.63, 3.8) is 0 Å². The Labute approximate surface area is 62.0 Å². The third-order valence-corrected chi connectivity index (χ3v) is 1.65. The minimum atomic E-state index is 0.960. The Bertz CT molecular complexity index is 168. The van der Waals surface area contributed by atoms with Crippen LogP contribution in [0.3, 0.4) is 0 Å².